The summed E-state index contributed by atoms with van der Waals surface area (Å²) in [5.41, 5.74) is 0.0799. The van der Waals surface area contributed by atoms with Crippen molar-refractivity contribution >= 4 is 16.9 Å². The fourth-order valence-electron chi connectivity index (χ4n) is 2.70. The highest BCUT2D eigenvalue weighted by molar-refractivity contribution is 5.99. The Bertz CT molecular complexity index is 996. The third-order valence-electron chi connectivity index (χ3n) is 4.02. The van der Waals surface area contributed by atoms with Gasteiger partial charge in [0.1, 0.15) is 17.0 Å². The number of amides is 1. The number of halogens is 1. The lowest BCUT2D eigenvalue weighted by Gasteiger charge is -2.13. The molecule has 0 radical (unpaired) electrons. The van der Waals surface area contributed by atoms with Crippen LogP contribution >= 0.6 is 0 Å². The average molecular weight is 341 g/mol. The molecule has 1 unspecified atom stereocenters. The maximum Gasteiger partial charge on any atom is 0.349 e. The molecule has 0 saturated carbocycles. The van der Waals surface area contributed by atoms with Crippen LogP contribution in [0.25, 0.3) is 11.0 Å². The molecule has 0 aliphatic carbocycles. The van der Waals surface area contributed by atoms with Gasteiger partial charge in [-0.3, -0.25) is 4.79 Å². The molecule has 1 amide bonds. The minimum atomic E-state index is -1.22. The van der Waals surface area contributed by atoms with E-state index < -0.39 is 23.5 Å². The van der Waals surface area contributed by atoms with Gasteiger partial charge in [0.05, 0.1) is 6.10 Å². The first-order chi connectivity index (χ1) is 12.0. The van der Waals surface area contributed by atoms with Crippen LogP contribution < -0.4 is 10.9 Å². The number of aliphatic hydroxyl groups is 1. The highest BCUT2D eigenvalue weighted by Crippen LogP contribution is 2.19. The lowest BCUT2D eigenvalue weighted by molar-refractivity contribution is 0.0910. The van der Waals surface area contributed by atoms with Crippen LogP contribution in [0.15, 0.2) is 57.7 Å². The van der Waals surface area contributed by atoms with E-state index in [1.807, 2.05) is 0 Å². The van der Waals surface area contributed by atoms with Crippen LogP contribution in [-0.4, -0.2) is 17.6 Å². The number of para-hydroxylation sites is 1. The third-order valence-corrected chi connectivity index (χ3v) is 4.02. The molecule has 0 bridgehead atoms. The predicted octanol–water partition coefficient (Wildman–Crippen LogP) is 2.70. The van der Waals surface area contributed by atoms with Crippen molar-refractivity contribution in [1.82, 2.24) is 5.32 Å². The Kier molecular flexibility index (Phi) is 4.63. The van der Waals surface area contributed by atoms with Gasteiger partial charge in [0.25, 0.3) is 5.91 Å². The van der Waals surface area contributed by atoms with Crippen LogP contribution in [0.1, 0.15) is 27.6 Å². The summed E-state index contributed by atoms with van der Waals surface area (Å²) in [4.78, 5) is 24.5. The Morgan fingerprint density at radius 3 is 2.64 bits per heavy atom. The molecular weight excluding hydrogens is 325 g/mol. The summed E-state index contributed by atoms with van der Waals surface area (Å²) in [6.07, 6.45) is -1.22. The zero-order chi connectivity index (χ0) is 18.0. The number of hydrogen-bond donors (Lipinski definition) is 2. The van der Waals surface area contributed by atoms with Gasteiger partial charge in [0.2, 0.25) is 0 Å². The van der Waals surface area contributed by atoms with Crippen LogP contribution in [0.4, 0.5) is 4.39 Å². The van der Waals surface area contributed by atoms with Crippen molar-refractivity contribution < 1.29 is 18.7 Å². The predicted molar refractivity (Wildman–Crippen MR) is 90.9 cm³/mol. The van der Waals surface area contributed by atoms with E-state index >= 15 is 0 Å². The summed E-state index contributed by atoms with van der Waals surface area (Å²) < 4.78 is 18.8. The summed E-state index contributed by atoms with van der Waals surface area (Å²) in [7, 11) is 0. The second-order valence-electron chi connectivity index (χ2n) is 5.63. The zero-order valence-electron chi connectivity index (χ0n) is 13.5. The maximum absolute atomic E-state index is 13.7. The molecule has 6 heteroatoms. The molecule has 0 saturated heterocycles. The van der Waals surface area contributed by atoms with E-state index in [4.69, 9.17) is 4.42 Å². The smallest absolute Gasteiger partial charge is 0.349 e. The molecule has 2 N–H and O–H groups in total. The fraction of sp³-hybridized carbons (Fsp3) is 0.158. The average Bonchev–Trinajstić information content (AvgIpc) is 2.60. The maximum atomic E-state index is 13.7. The summed E-state index contributed by atoms with van der Waals surface area (Å²) in [6.45, 7) is 1.42. The number of rotatable bonds is 4. The van der Waals surface area contributed by atoms with E-state index in [1.54, 1.807) is 37.3 Å². The van der Waals surface area contributed by atoms with Crippen molar-refractivity contribution in [2.45, 2.75) is 13.0 Å². The van der Waals surface area contributed by atoms with Gasteiger partial charge in [-0.25, -0.2) is 9.18 Å². The number of aryl methyl sites for hydroxylation is 1. The van der Waals surface area contributed by atoms with Crippen molar-refractivity contribution in [3.05, 3.63) is 81.5 Å². The second-order valence-corrected chi connectivity index (χ2v) is 5.63. The Hall–Kier alpha value is -2.99. The summed E-state index contributed by atoms with van der Waals surface area (Å²) >= 11 is 0. The first-order valence-electron chi connectivity index (χ1n) is 7.72. The van der Waals surface area contributed by atoms with Crippen LogP contribution in [-0.2, 0) is 0 Å². The van der Waals surface area contributed by atoms with E-state index in [9.17, 15) is 19.1 Å². The van der Waals surface area contributed by atoms with Gasteiger partial charge in [-0.1, -0.05) is 36.4 Å². The van der Waals surface area contributed by atoms with E-state index in [1.165, 1.54) is 18.2 Å². The monoisotopic (exact) mass is 341 g/mol. The second kappa shape index (κ2) is 6.86. The van der Waals surface area contributed by atoms with E-state index in [0.29, 0.717) is 16.5 Å². The van der Waals surface area contributed by atoms with Gasteiger partial charge >= 0.3 is 5.63 Å². The minimum Gasteiger partial charge on any atom is -0.422 e. The van der Waals surface area contributed by atoms with E-state index in [-0.39, 0.29) is 17.7 Å². The Morgan fingerprint density at radius 2 is 1.88 bits per heavy atom. The molecular formula is C19H16FNO4. The number of hydrogen-bond acceptors (Lipinski definition) is 4. The Balaban J connectivity index is 1.83. The van der Waals surface area contributed by atoms with Gasteiger partial charge in [-0.15, -0.1) is 0 Å². The molecule has 2 aromatic carbocycles. The van der Waals surface area contributed by atoms with Gasteiger partial charge < -0.3 is 14.8 Å². The topological polar surface area (TPSA) is 79.5 Å². The number of benzene rings is 2. The van der Waals surface area contributed by atoms with E-state index in [2.05, 4.69) is 5.32 Å². The van der Waals surface area contributed by atoms with Crippen LogP contribution in [0.5, 0.6) is 0 Å². The number of carbonyl (C=O) groups excluding carboxylic acids is 1. The van der Waals surface area contributed by atoms with Gasteiger partial charge in [0, 0.05) is 17.5 Å². The molecule has 128 valence electrons. The molecule has 1 atom stereocenters. The van der Waals surface area contributed by atoms with Crippen molar-refractivity contribution in [2.75, 3.05) is 6.54 Å². The Labute approximate surface area is 142 Å². The highest BCUT2D eigenvalue weighted by atomic mass is 19.1. The normalized spacial score (nSPS) is 12.1. The standard InChI is InChI=1S/C19H16FNO4/c1-11-12-6-3-5-9-16(12)25-19(24)17(11)18(23)21-10-15(22)13-7-2-4-8-14(13)20/h2-9,15,22H,10H2,1H3,(H,21,23). The Morgan fingerprint density at radius 1 is 1.20 bits per heavy atom. The molecule has 25 heavy (non-hydrogen) atoms. The van der Waals surface area contributed by atoms with Crippen LogP contribution in [0.3, 0.4) is 0 Å². The SMILES string of the molecule is Cc1c(C(=O)NCC(O)c2ccccc2F)c(=O)oc2ccccc12. The van der Waals surface area contributed by atoms with Gasteiger partial charge in [-0.05, 0) is 24.6 Å². The van der Waals surface area contributed by atoms with Gasteiger partial charge in [-0.2, -0.15) is 0 Å². The molecule has 5 nitrogen and oxygen atoms in total. The zero-order valence-corrected chi connectivity index (χ0v) is 13.5. The number of carbonyl (C=O) groups is 1. The first kappa shape index (κ1) is 16.9. The molecule has 0 fully saturated rings. The lowest BCUT2D eigenvalue weighted by Crippen LogP contribution is -2.32. The van der Waals surface area contributed by atoms with Crippen molar-refractivity contribution in [3.63, 3.8) is 0 Å². The van der Waals surface area contributed by atoms with Crippen molar-refractivity contribution in [1.29, 1.82) is 0 Å². The van der Waals surface area contributed by atoms with Gasteiger partial charge in [0.15, 0.2) is 0 Å². The fourth-order valence-corrected chi connectivity index (χ4v) is 2.70. The quantitative estimate of drug-likeness (QED) is 0.715. The first-order valence-corrected chi connectivity index (χ1v) is 7.72. The largest absolute Gasteiger partial charge is 0.422 e. The summed E-state index contributed by atoms with van der Waals surface area (Å²) in [6, 6.07) is 12.7. The molecule has 3 rings (SSSR count). The highest BCUT2D eigenvalue weighted by Gasteiger charge is 2.20. The van der Waals surface area contributed by atoms with Crippen LogP contribution in [0, 0.1) is 12.7 Å². The molecule has 1 aromatic heterocycles. The summed E-state index contributed by atoms with van der Waals surface area (Å²) in [5, 5.41) is 13.2. The lowest BCUT2D eigenvalue weighted by atomic mass is 10.1. The third kappa shape index (κ3) is 3.29. The molecule has 0 aliphatic rings. The number of nitrogens with one attached hydrogen (secondary N) is 1. The van der Waals surface area contributed by atoms with Crippen molar-refractivity contribution in [3.8, 4) is 0 Å². The van der Waals surface area contributed by atoms with E-state index in [0.717, 1.165) is 0 Å². The van der Waals surface area contributed by atoms with Crippen molar-refractivity contribution in [2.24, 2.45) is 0 Å². The number of fused-ring (bicyclic) bond motifs is 1. The minimum absolute atomic E-state index is 0.0741. The molecule has 1 heterocycles. The summed E-state index contributed by atoms with van der Waals surface area (Å²) in [5.74, 6) is -1.24. The number of aliphatic hydroxyl groups excluding tert-OH is 1. The van der Waals surface area contributed by atoms with Crippen LogP contribution in [0.2, 0.25) is 0 Å². The molecule has 0 aliphatic heterocycles. The molecule has 3 aromatic rings. The molecule has 0 spiro atoms.